The molecule has 0 aliphatic carbocycles. The lowest BCUT2D eigenvalue weighted by molar-refractivity contribution is 0.0890. The SMILES string of the molecule is CS/C(=N\C#N)N1CCC(CCN2[C@@H]3CC[C@H]2C[C@@H](n2c(C)nc4ccccc42)C3)(c2ccccc2)CC1. The maximum absolute atomic E-state index is 9.12. The number of hydrogen-bond donors (Lipinski definition) is 0. The first kappa shape index (κ1) is 25.5. The van der Waals surface area contributed by atoms with Gasteiger partial charge in [0.1, 0.15) is 5.82 Å². The monoisotopic (exact) mass is 526 g/mol. The fourth-order valence-electron chi connectivity index (χ4n) is 7.68. The number of fused-ring (bicyclic) bond motifs is 3. The van der Waals surface area contributed by atoms with Crippen molar-refractivity contribution in [2.24, 2.45) is 4.99 Å². The van der Waals surface area contributed by atoms with Crippen LogP contribution >= 0.6 is 11.8 Å². The van der Waals surface area contributed by atoms with Gasteiger partial charge in [0.2, 0.25) is 6.19 Å². The Hall–Kier alpha value is -2.82. The van der Waals surface area contributed by atoms with Crippen LogP contribution in [-0.4, -0.2) is 62.5 Å². The highest BCUT2D eigenvalue weighted by atomic mass is 32.2. The summed E-state index contributed by atoms with van der Waals surface area (Å²) in [6.45, 7) is 5.26. The van der Waals surface area contributed by atoms with Crippen LogP contribution in [0.5, 0.6) is 0 Å². The van der Waals surface area contributed by atoms with Crippen LogP contribution in [0, 0.1) is 18.4 Å². The number of hydrogen-bond acceptors (Lipinski definition) is 5. The molecular formula is C31H38N6S. The molecule has 198 valence electrons. The van der Waals surface area contributed by atoms with Crippen molar-refractivity contribution in [3.05, 3.63) is 66.0 Å². The summed E-state index contributed by atoms with van der Waals surface area (Å²) in [5.74, 6) is 1.16. The predicted octanol–water partition coefficient (Wildman–Crippen LogP) is 6.14. The van der Waals surface area contributed by atoms with Crippen LogP contribution in [-0.2, 0) is 5.41 Å². The average Bonchev–Trinajstić information content (AvgIpc) is 3.42. The second-order valence-corrected chi connectivity index (χ2v) is 12.1. The minimum Gasteiger partial charge on any atom is -0.351 e. The van der Waals surface area contributed by atoms with Gasteiger partial charge >= 0.3 is 0 Å². The summed E-state index contributed by atoms with van der Waals surface area (Å²) >= 11 is 1.58. The topological polar surface area (TPSA) is 60.5 Å². The van der Waals surface area contributed by atoms with E-state index in [1.165, 1.54) is 49.7 Å². The number of likely N-dealkylation sites (tertiary alicyclic amines) is 1. The molecule has 7 heteroatoms. The molecule has 6 rings (SSSR count). The van der Waals surface area contributed by atoms with Crippen molar-refractivity contribution in [1.29, 1.82) is 5.26 Å². The minimum atomic E-state index is 0.182. The van der Waals surface area contributed by atoms with Crippen LogP contribution in [0.1, 0.15) is 62.4 Å². The van der Waals surface area contributed by atoms with Gasteiger partial charge in [-0.15, -0.1) is 4.99 Å². The summed E-state index contributed by atoms with van der Waals surface area (Å²) in [6, 6.07) is 21.7. The maximum Gasteiger partial charge on any atom is 0.208 e. The van der Waals surface area contributed by atoms with Gasteiger partial charge in [-0.3, -0.25) is 4.90 Å². The van der Waals surface area contributed by atoms with E-state index in [0.29, 0.717) is 18.1 Å². The fourth-order valence-corrected chi connectivity index (χ4v) is 8.25. The largest absolute Gasteiger partial charge is 0.351 e. The first-order valence-electron chi connectivity index (χ1n) is 14.1. The van der Waals surface area contributed by atoms with E-state index in [1.807, 2.05) is 12.4 Å². The van der Waals surface area contributed by atoms with Crippen LogP contribution in [0.3, 0.4) is 0 Å². The van der Waals surface area contributed by atoms with E-state index < -0.39 is 0 Å². The number of thioether (sulfide) groups is 1. The number of nitrogens with zero attached hydrogens (tertiary/aromatic N) is 6. The molecular weight excluding hydrogens is 488 g/mol. The van der Waals surface area contributed by atoms with Gasteiger partial charge in [-0.1, -0.05) is 54.2 Å². The number of benzene rings is 2. The minimum absolute atomic E-state index is 0.182. The van der Waals surface area contributed by atoms with Crippen molar-refractivity contribution in [3.8, 4) is 6.19 Å². The summed E-state index contributed by atoms with van der Waals surface area (Å²) in [5, 5.41) is 9.98. The van der Waals surface area contributed by atoms with Crippen molar-refractivity contribution in [1.82, 2.24) is 19.4 Å². The number of aliphatic imine (C=N–C) groups is 1. The van der Waals surface area contributed by atoms with Gasteiger partial charge in [-0.2, -0.15) is 5.26 Å². The molecule has 3 aromatic rings. The molecule has 0 unspecified atom stereocenters. The molecule has 3 fully saturated rings. The van der Waals surface area contributed by atoms with E-state index in [9.17, 15) is 0 Å². The molecule has 0 N–H and O–H groups in total. The van der Waals surface area contributed by atoms with Gasteiger partial charge in [-0.05, 0) is 87.8 Å². The maximum atomic E-state index is 9.12. The van der Waals surface area contributed by atoms with Crippen LogP contribution in [0.2, 0.25) is 0 Å². The van der Waals surface area contributed by atoms with Crippen LogP contribution in [0.25, 0.3) is 11.0 Å². The number of nitriles is 1. The lowest BCUT2D eigenvalue weighted by atomic mass is 9.70. The van der Waals surface area contributed by atoms with Gasteiger partial charge in [-0.25, -0.2) is 4.98 Å². The van der Waals surface area contributed by atoms with Crippen LogP contribution < -0.4 is 0 Å². The number of aryl methyl sites for hydroxylation is 1. The van der Waals surface area contributed by atoms with E-state index in [0.717, 1.165) is 42.4 Å². The Morgan fingerprint density at radius 3 is 2.39 bits per heavy atom. The second kappa shape index (κ2) is 10.7. The lowest BCUT2D eigenvalue weighted by Gasteiger charge is -2.46. The molecule has 1 aromatic heterocycles. The number of imidazole rings is 1. The number of para-hydroxylation sites is 2. The van der Waals surface area contributed by atoms with Gasteiger partial charge in [0.25, 0.3) is 0 Å². The Bertz CT molecular complexity index is 1320. The molecule has 3 atom stereocenters. The van der Waals surface area contributed by atoms with E-state index in [2.05, 4.69) is 80.9 Å². The van der Waals surface area contributed by atoms with E-state index in [1.54, 1.807) is 11.8 Å². The molecule has 4 heterocycles. The number of amidine groups is 1. The Kier molecular flexibility index (Phi) is 7.20. The standard InChI is InChI=1S/C31H38N6S/c1-23-34-28-10-6-7-11-29(28)37(23)27-20-25-12-13-26(21-27)36(25)19-16-31(24-8-4-3-5-9-24)14-17-35(18-15-31)30(38-2)33-22-32/h3-11,25-27H,12-21H2,1-2H3/b33-30-/t25-,26+,27+. The van der Waals surface area contributed by atoms with Crippen molar-refractivity contribution >= 4 is 28.0 Å². The van der Waals surface area contributed by atoms with Crippen molar-refractivity contribution < 1.29 is 0 Å². The lowest BCUT2D eigenvalue weighted by Crippen LogP contribution is -2.48. The van der Waals surface area contributed by atoms with Gasteiger partial charge in [0, 0.05) is 31.2 Å². The smallest absolute Gasteiger partial charge is 0.208 e. The molecule has 2 aromatic carbocycles. The summed E-state index contributed by atoms with van der Waals surface area (Å²) in [7, 11) is 0. The molecule has 2 bridgehead atoms. The zero-order valence-corrected chi connectivity index (χ0v) is 23.4. The number of rotatable bonds is 5. The third-order valence-electron chi connectivity index (χ3n) is 9.55. The third kappa shape index (κ3) is 4.63. The molecule has 3 saturated heterocycles. The first-order valence-corrected chi connectivity index (χ1v) is 15.3. The predicted molar refractivity (Wildman–Crippen MR) is 156 cm³/mol. The summed E-state index contributed by atoms with van der Waals surface area (Å²) < 4.78 is 2.53. The van der Waals surface area contributed by atoms with Gasteiger partial charge in [0.15, 0.2) is 5.17 Å². The van der Waals surface area contributed by atoms with E-state index in [4.69, 9.17) is 10.2 Å². The molecule has 3 aliphatic rings. The van der Waals surface area contributed by atoms with Gasteiger partial charge < -0.3 is 9.47 Å². The molecule has 6 nitrogen and oxygen atoms in total. The summed E-state index contributed by atoms with van der Waals surface area (Å²) in [6.07, 6.45) is 12.5. The Labute approximate surface area is 230 Å². The number of aromatic nitrogens is 2. The molecule has 0 spiro atoms. The van der Waals surface area contributed by atoms with Crippen LogP contribution in [0.4, 0.5) is 0 Å². The molecule has 0 radical (unpaired) electrons. The quantitative estimate of drug-likeness (QED) is 0.227. The Morgan fingerprint density at radius 2 is 1.71 bits per heavy atom. The summed E-state index contributed by atoms with van der Waals surface area (Å²) in [4.78, 5) is 14.1. The van der Waals surface area contributed by atoms with E-state index >= 15 is 0 Å². The van der Waals surface area contributed by atoms with Crippen molar-refractivity contribution in [3.63, 3.8) is 0 Å². The highest BCUT2D eigenvalue weighted by Gasteiger charge is 2.44. The van der Waals surface area contributed by atoms with E-state index in [-0.39, 0.29) is 5.41 Å². The zero-order valence-electron chi connectivity index (χ0n) is 22.6. The molecule has 3 aliphatic heterocycles. The average molecular weight is 527 g/mol. The first-order chi connectivity index (χ1) is 18.6. The third-order valence-corrected chi connectivity index (χ3v) is 10.3. The fraction of sp³-hybridized carbons (Fsp3) is 0.516. The molecule has 0 saturated carbocycles. The summed E-state index contributed by atoms with van der Waals surface area (Å²) in [5.41, 5.74) is 4.08. The molecule has 38 heavy (non-hydrogen) atoms. The normalized spacial score (nSPS) is 25.6. The Balaban J connectivity index is 1.18. The van der Waals surface area contributed by atoms with Crippen molar-refractivity contribution in [2.75, 3.05) is 25.9 Å². The zero-order chi connectivity index (χ0) is 26.1. The molecule has 0 amide bonds. The highest BCUT2D eigenvalue weighted by Crippen LogP contribution is 2.45. The highest BCUT2D eigenvalue weighted by molar-refractivity contribution is 8.13. The second-order valence-electron chi connectivity index (χ2n) is 11.3. The number of piperidine rings is 2. The van der Waals surface area contributed by atoms with Crippen LogP contribution in [0.15, 0.2) is 59.6 Å². The van der Waals surface area contributed by atoms with Crippen molar-refractivity contribution in [2.45, 2.75) is 75.4 Å². The Morgan fingerprint density at radius 1 is 1.03 bits per heavy atom. The van der Waals surface area contributed by atoms with Gasteiger partial charge in [0.05, 0.1) is 11.0 Å².